The summed E-state index contributed by atoms with van der Waals surface area (Å²) in [6, 6.07) is 13.8. The second-order valence-electron chi connectivity index (χ2n) is 5.65. The largest absolute Gasteiger partial charge is 0.325 e. The molecule has 0 N–H and O–H groups in total. The van der Waals surface area contributed by atoms with Crippen molar-refractivity contribution in [3.63, 3.8) is 0 Å². The Morgan fingerprint density at radius 3 is 2.54 bits per heavy atom. The lowest BCUT2D eigenvalue weighted by Gasteiger charge is -2.39. The molecule has 2 aromatic carbocycles. The van der Waals surface area contributed by atoms with Crippen LogP contribution in [0, 0.1) is 0 Å². The van der Waals surface area contributed by atoms with Crippen LogP contribution in [0.25, 0.3) is 0 Å². The van der Waals surface area contributed by atoms with E-state index in [4.69, 9.17) is 11.6 Å². The number of hydrogen-bond acceptors (Lipinski definition) is 2. The molecule has 3 rings (SSSR count). The van der Waals surface area contributed by atoms with E-state index in [1.807, 2.05) is 24.3 Å². The second kappa shape index (κ2) is 6.95. The Bertz CT molecular complexity index is 779. The number of piperazine rings is 1. The summed E-state index contributed by atoms with van der Waals surface area (Å²) in [5, 5.41) is 0.628. The fourth-order valence-electron chi connectivity index (χ4n) is 2.81. The molecule has 2 aromatic rings. The topological polar surface area (TPSA) is 40.6 Å². The number of anilines is 1. The van der Waals surface area contributed by atoms with Gasteiger partial charge >= 0.3 is 0 Å². The number of carbonyl (C=O) groups excluding carboxylic acids is 2. The molecule has 0 aliphatic carbocycles. The Hall–Kier alpha value is -1.85. The van der Waals surface area contributed by atoms with Gasteiger partial charge in [-0.2, -0.15) is 0 Å². The molecule has 2 amide bonds. The van der Waals surface area contributed by atoms with E-state index in [2.05, 4.69) is 15.9 Å². The van der Waals surface area contributed by atoms with Crippen molar-refractivity contribution in [3.8, 4) is 0 Å². The van der Waals surface area contributed by atoms with Crippen LogP contribution in [0.3, 0.4) is 0 Å². The van der Waals surface area contributed by atoms with Crippen molar-refractivity contribution >= 4 is 45.0 Å². The molecule has 1 aliphatic rings. The van der Waals surface area contributed by atoms with E-state index in [0.717, 1.165) is 10.2 Å². The standard InChI is InChI=1S/C18H16BrClN2O2/c1-12-17(23)22(16-7-5-15(20)6-8-16)10-9-21(12)18(24)13-3-2-4-14(19)11-13/h2-8,11-12H,9-10H2,1H3/t12-/m1/s1. The van der Waals surface area contributed by atoms with Gasteiger partial charge in [-0.25, -0.2) is 0 Å². The molecule has 4 nitrogen and oxygen atoms in total. The van der Waals surface area contributed by atoms with Crippen LogP contribution >= 0.6 is 27.5 Å². The van der Waals surface area contributed by atoms with Crippen molar-refractivity contribution in [1.82, 2.24) is 4.90 Å². The Morgan fingerprint density at radius 2 is 1.88 bits per heavy atom. The van der Waals surface area contributed by atoms with Gasteiger partial charge in [-0.15, -0.1) is 0 Å². The van der Waals surface area contributed by atoms with Crippen LogP contribution in [0.1, 0.15) is 17.3 Å². The van der Waals surface area contributed by atoms with Gasteiger partial charge in [-0.1, -0.05) is 33.6 Å². The number of nitrogens with zero attached hydrogens (tertiary/aromatic N) is 2. The van der Waals surface area contributed by atoms with E-state index >= 15 is 0 Å². The molecule has 0 bridgehead atoms. The maximum absolute atomic E-state index is 12.7. The van der Waals surface area contributed by atoms with Gasteiger partial charge in [-0.3, -0.25) is 9.59 Å². The van der Waals surface area contributed by atoms with Gasteiger partial charge in [0.25, 0.3) is 5.91 Å². The smallest absolute Gasteiger partial charge is 0.254 e. The maximum Gasteiger partial charge on any atom is 0.254 e. The molecule has 0 unspecified atom stereocenters. The monoisotopic (exact) mass is 406 g/mol. The van der Waals surface area contributed by atoms with Gasteiger partial charge in [-0.05, 0) is 49.4 Å². The highest BCUT2D eigenvalue weighted by Gasteiger charge is 2.35. The van der Waals surface area contributed by atoms with Gasteiger partial charge < -0.3 is 9.80 Å². The number of halogens is 2. The third kappa shape index (κ3) is 3.32. The van der Waals surface area contributed by atoms with Crippen molar-refractivity contribution in [1.29, 1.82) is 0 Å². The number of carbonyl (C=O) groups is 2. The lowest BCUT2D eigenvalue weighted by atomic mass is 10.1. The van der Waals surface area contributed by atoms with Crippen LogP contribution in [0.15, 0.2) is 53.0 Å². The first-order valence-corrected chi connectivity index (χ1v) is 8.78. The van der Waals surface area contributed by atoms with Crippen molar-refractivity contribution in [2.75, 3.05) is 18.0 Å². The van der Waals surface area contributed by atoms with E-state index < -0.39 is 6.04 Å². The molecule has 124 valence electrons. The zero-order valence-corrected chi connectivity index (χ0v) is 15.4. The lowest BCUT2D eigenvalue weighted by Crippen LogP contribution is -2.57. The summed E-state index contributed by atoms with van der Waals surface area (Å²) < 4.78 is 0.840. The minimum Gasteiger partial charge on any atom is -0.325 e. The normalized spacial score (nSPS) is 18.0. The van der Waals surface area contributed by atoms with E-state index in [0.29, 0.717) is 23.7 Å². The number of hydrogen-bond donors (Lipinski definition) is 0. The number of benzene rings is 2. The summed E-state index contributed by atoms with van der Waals surface area (Å²) in [4.78, 5) is 28.7. The van der Waals surface area contributed by atoms with Crippen LogP contribution in [0.2, 0.25) is 5.02 Å². The van der Waals surface area contributed by atoms with Crippen LogP contribution in [0.4, 0.5) is 5.69 Å². The van der Waals surface area contributed by atoms with Crippen molar-refractivity contribution in [2.45, 2.75) is 13.0 Å². The highest BCUT2D eigenvalue weighted by atomic mass is 79.9. The van der Waals surface area contributed by atoms with Crippen LogP contribution in [-0.4, -0.2) is 35.8 Å². The molecule has 0 saturated carbocycles. The molecular weight excluding hydrogens is 392 g/mol. The van der Waals surface area contributed by atoms with Crippen LogP contribution < -0.4 is 4.90 Å². The van der Waals surface area contributed by atoms with Crippen LogP contribution in [-0.2, 0) is 4.79 Å². The van der Waals surface area contributed by atoms with E-state index in [-0.39, 0.29) is 11.8 Å². The van der Waals surface area contributed by atoms with Crippen molar-refractivity contribution in [3.05, 3.63) is 63.6 Å². The second-order valence-corrected chi connectivity index (χ2v) is 7.00. The Labute approximate surface area is 154 Å². The molecule has 1 saturated heterocycles. The van der Waals surface area contributed by atoms with Gasteiger partial charge in [0.15, 0.2) is 0 Å². The van der Waals surface area contributed by atoms with Crippen LogP contribution in [0.5, 0.6) is 0 Å². The molecule has 1 fully saturated rings. The molecule has 1 aliphatic heterocycles. The molecular formula is C18H16BrClN2O2. The Balaban J connectivity index is 1.79. The van der Waals surface area contributed by atoms with Gasteiger partial charge in [0.05, 0.1) is 0 Å². The first-order chi connectivity index (χ1) is 11.5. The summed E-state index contributed by atoms with van der Waals surface area (Å²) in [6.45, 7) is 2.71. The fraction of sp³-hybridized carbons (Fsp3) is 0.222. The zero-order chi connectivity index (χ0) is 17.3. The summed E-state index contributed by atoms with van der Waals surface area (Å²) in [5.41, 5.74) is 1.37. The predicted octanol–water partition coefficient (Wildman–Crippen LogP) is 3.98. The van der Waals surface area contributed by atoms with Crippen molar-refractivity contribution in [2.24, 2.45) is 0 Å². The van der Waals surface area contributed by atoms with E-state index in [1.165, 1.54) is 0 Å². The average molecular weight is 408 g/mol. The zero-order valence-electron chi connectivity index (χ0n) is 13.1. The molecule has 0 spiro atoms. The predicted molar refractivity (Wildman–Crippen MR) is 98.4 cm³/mol. The fourth-order valence-corrected chi connectivity index (χ4v) is 3.34. The van der Waals surface area contributed by atoms with Gasteiger partial charge in [0, 0.05) is 33.8 Å². The quantitative estimate of drug-likeness (QED) is 0.755. The Morgan fingerprint density at radius 1 is 1.17 bits per heavy atom. The first kappa shape index (κ1) is 17.0. The molecule has 24 heavy (non-hydrogen) atoms. The van der Waals surface area contributed by atoms with E-state index in [9.17, 15) is 9.59 Å². The third-order valence-corrected chi connectivity index (χ3v) is 4.87. The number of amides is 2. The van der Waals surface area contributed by atoms with Crippen molar-refractivity contribution < 1.29 is 9.59 Å². The molecule has 1 heterocycles. The third-order valence-electron chi connectivity index (χ3n) is 4.13. The SMILES string of the molecule is C[C@@H]1C(=O)N(c2ccc(Cl)cc2)CCN1C(=O)c1cccc(Br)c1. The molecule has 0 aromatic heterocycles. The lowest BCUT2D eigenvalue weighted by molar-refractivity contribution is -0.124. The first-order valence-electron chi connectivity index (χ1n) is 7.61. The highest BCUT2D eigenvalue weighted by Crippen LogP contribution is 2.24. The highest BCUT2D eigenvalue weighted by molar-refractivity contribution is 9.10. The molecule has 1 atom stereocenters. The summed E-state index contributed by atoms with van der Waals surface area (Å²) in [6.07, 6.45) is 0. The summed E-state index contributed by atoms with van der Waals surface area (Å²) >= 11 is 9.27. The number of rotatable bonds is 2. The van der Waals surface area contributed by atoms with Gasteiger partial charge in [0.2, 0.25) is 5.91 Å². The molecule has 0 radical (unpaired) electrons. The summed E-state index contributed by atoms with van der Waals surface area (Å²) in [5.74, 6) is -0.222. The minimum atomic E-state index is -0.513. The maximum atomic E-state index is 12.7. The van der Waals surface area contributed by atoms with Gasteiger partial charge in [0.1, 0.15) is 6.04 Å². The average Bonchev–Trinajstić information content (AvgIpc) is 2.58. The summed E-state index contributed by atoms with van der Waals surface area (Å²) in [7, 11) is 0. The molecule has 6 heteroatoms. The Kier molecular flexibility index (Phi) is 4.92. The van der Waals surface area contributed by atoms with E-state index in [1.54, 1.807) is 41.0 Å². The minimum absolute atomic E-state index is 0.0908.